The molecule has 0 atom stereocenters. The standard InChI is InChI=1S/C16H21N7O/c1-4-14-18-19-16-15(17-5-6-23(14)16)22-9-13(10-22)21(3)8-12-7-11(2)24-20-12/h5-7,13H,4,8-10H2,1-3H3. The maximum absolute atomic E-state index is 5.13. The number of hydrogen-bond acceptors (Lipinski definition) is 7. The Hall–Kier alpha value is -2.48. The predicted molar refractivity (Wildman–Crippen MR) is 88.9 cm³/mol. The highest BCUT2D eigenvalue weighted by Crippen LogP contribution is 2.25. The Morgan fingerprint density at radius 1 is 1.33 bits per heavy atom. The molecule has 0 spiro atoms. The molecule has 1 aliphatic heterocycles. The third-order valence-electron chi connectivity index (χ3n) is 4.57. The van der Waals surface area contributed by atoms with Gasteiger partial charge >= 0.3 is 0 Å². The largest absolute Gasteiger partial charge is 0.361 e. The third kappa shape index (κ3) is 2.52. The first-order valence-electron chi connectivity index (χ1n) is 8.21. The predicted octanol–water partition coefficient (Wildman–Crippen LogP) is 1.30. The highest BCUT2D eigenvalue weighted by atomic mass is 16.5. The molecule has 3 aromatic rings. The summed E-state index contributed by atoms with van der Waals surface area (Å²) < 4.78 is 7.16. The highest BCUT2D eigenvalue weighted by Gasteiger charge is 2.33. The molecule has 0 amide bonds. The zero-order chi connectivity index (χ0) is 16.7. The maximum atomic E-state index is 5.13. The van der Waals surface area contributed by atoms with Gasteiger partial charge in [0.1, 0.15) is 11.6 Å². The molecule has 0 bridgehead atoms. The van der Waals surface area contributed by atoms with Gasteiger partial charge in [0.15, 0.2) is 5.82 Å². The lowest BCUT2D eigenvalue weighted by Gasteiger charge is -2.44. The van der Waals surface area contributed by atoms with E-state index in [1.54, 1.807) is 0 Å². The van der Waals surface area contributed by atoms with E-state index in [2.05, 4.69) is 44.1 Å². The average Bonchev–Trinajstić information content (AvgIpc) is 3.12. The van der Waals surface area contributed by atoms with Gasteiger partial charge in [-0.15, -0.1) is 10.2 Å². The first kappa shape index (κ1) is 15.1. The van der Waals surface area contributed by atoms with Crippen LogP contribution in [0, 0.1) is 6.92 Å². The van der Waals surface area contributed by atoms with Crippen LogP contribution in [-0.4, -0.2) is 55.8 Å². The molecular formula is C16H21N7O. The second-order valence-corrected chi connectivity index (χ2v) is 6.32. The van der Waals surface area contributed by atoms with Crippen molar-refractivity contribution in [1.82, 2.24) is 29.6 Å². The van der Waals surface area contributed by atoms with Crippen molar-refractivity contribution in [2.24, 2.45) is 0 Å². The van der Waals surface area contributed by atoms with E-state index >= 15 is 0 Å². The van der Waals surface area contributed by atoms with Crippen molar-refractivity contribution in [1.29, 1.82) is 0 Å². The number of aryl methyl sites for hydroxylation is 2. The van der Waals surface area contributed by atoms with Crippen LogP contribution < -0.4 is 4.90 Å². The molecule has 0 radical (unpaired) electrons. The SMILES string of the molecule is CCc1nnc2c(N3CC(N(C)Cc4cc(C)on4)C3)nccn12. The number of hydrogen-bond donors (Lipinski definition) is 0. The molecule has 24 heavy (non-hydrogen) atoms. The van der Waals surface area contributed by atoms with Crippen molar-refractivity contribution >= 4 is 11.5 Å². The number of nitrogens with zero attached hydrogens (tertiary/aromatic N) is 7. The van der Waals surface area contributed by atoms with Crippen molar-refractivity contribution < 1.29 is 4.52 Å². The quantitative estimate of drug-likeness (QED) is 0.699. The second-order valence-electron chi connectivity index (χ2n) is 6.32. The van der Waals surface area contributed by atoms with Crippen LogP contribution in [0.2, 0.25) is 0 Å². The molecule has 0 saturated carbocycles. The van der Waals surface area contributed by atoms with Crippen LogP contribution >= 0.6 is 0 Å². The zero-order valence-corrected chi connectivity index (χ0v) is 14.2. The summed E-state index contributed by atoms with van der Waals surface area (Å²) in [5.41, 5.74) is 1.81. The Morgan fingerprint density at radius 2 is 2.17 bits per heavy atom. The Morgan fingerprint density at radius 3 is 2.88 bits per heavy atom. The molecule has 4 rings (SSSR count). The summed E-state index contributed by atoms with van der Waals surface area (Å²) in [6.45, 7) is 6.63. The van der Waals surface area contributed by atoms with E-state index in [1.807, 2.05) is 29.8 Å². The lowest BCUT2D eigenvalue weighted by Crippen LogP contribution is -2.58. The molecule has 8 nitrogen and oxygen atoms in total. The van der Waals surface area contributed by atoms with Crippen LogP contribution in [-0.2, 0) is 13.0 Å². The first-order valence-corrected chi connectivity index (χ1v) is 8.21. The summed E-state index contributed by atoms with van der Waals surface area (Å²) in [6, 6.07) is 2.45. The molecule has 1 saturated heterocycles. The number of likely N-dealkylation sites (N-methyl/N-ethyl adjacent to an activating group) is 1. The Balaban J connectivity index is 1.45. The van der Waals surface area contributed by atoms with Crippen LogP contribution in [0.4, 0.5) is 5.82 Å². The molecule has 126 valence electrons. The van der Waals surface area contributed by atoms with Crippen LogP contribution in [0.15, 0.2) is 23.0 Å². The Kier molecular flexibility index (Phi) is 3.68. The molecule has 8 heteroatoms. The van der Waals surface area contributed by atoms with Gasteiger partial charge < -0.3 is 9.42 Å². The smallest absolute Gasteiger partial charge is 0.203 e. The summed E-state index contributed by atoms with van der Waals surface area (Å²) in [6.07, 6.45) is 4.60. The number of anilines is 1. The van der Waals surface area contributed by atoms with Gasteiger partial charge in [-0.1, -0.05) is 12.1 Å². The van der Waals surface area contributed by atoms with Gasteiger partial charge in [-0.25, -0.2) is 4.98 Å². The summed E-state index contributed by atoms with van der Waals surface area (Å²) >= 11 is 0. The van der Waals surface area contributed by atoms with Crippen LogP contribution in [0.25, 0.3) is 5.65 Å². The van der Waals surface area contributed by atoms with Crippen molar-refractivity contribution in [3.8, 4) is 0 Å². The maximum Gasteiger partial charge on any atom is 0.203 e. The molecule has 0 aliphatic carbocycles. The molecule has 1 fully saturated rings. The first-order chi connectivity index (χ1) is 11.7. The minimum Gasteiger partial charge on any atom is -0.361 e. The second kappa shape index (κ2) is 5.86. The minimum atomic E-state index is 0.470. The topological polar surface area (TPSA) is 75.6 Å². The molecule has 1 aliphatic rings. The van der Waals surface area contributed by atoms with E-state index in [1.165, 1.54) is 0 Å². The third-order valence-corrected chi connectivity index (χ3v) is 4.57. The van der Waals surface area contributed by atoms with E-state index < -0.39 is 0 Å². The van der Waals surface area contributed by atoms with Crippen molar-refractivity contribution in [2.45, 2.75) is 32.9 Å². The van der Waals surface area contributed by atoms with Gasteiger partial charge in [0.05, 0.1) is 5.69 Å². The van der Waals surface area contributed by atoms with Crippen molar-refractivity contribution in [3.05, 3.63) is 35.7 Å². The molecular weight excluding hydrogens is 306 g/mol. The molecule has 0 unspecified atom stereocenters. The van der Waals surface area contributed by atoms with E-state index in [0.29, 0.717) is 6.04 Å². The number of aromatic nitrogens is 5. The fraction of sp³-hybridized carbons (Fsp3) is 0.500. The van der Waals surface area contributed by atoms with Gasteiger partial charge in [-0.05, 0) is 14.0 Å². The van der Waals surface area contributed by atoms with Crippen LogP contribution in [0.3, 0.4) is 0 Å². The summed E-state index contributed by atoms with van der Waals surface area (Å²) in [4.78, 5) is 9.06. The van der Waals surface area contributed by atoms with Crippen LogP contribution in [0.1, 0.15) is 24.2 Å². The molecule has 3 aromatic heterocycles. The van der Waals surface area contributed by atoms with Gasteiger partial charge in [0.25, 0.3) is 0 Å². The van der Waals surface area contributed by atoms with Gasteiger partial charge in [-0.2, -0.15) is 0 Å². The van der Waals surface area contributed by atoms with Crippen LogP contribution in [0.5, 0.6) is 0 Å². The van der Waals surface area contributed by atoms with Crippen molar-refractivity contribution in [2.75, 3.05) is 25.0 Å². The van der Waals surface area contributed by atoms with E-state index in [9.17, 15) is 0 Å². The van der Waals surface area contributed by atoms with E-state index in [4.69, 9.17) is 4.52 Å². The number of fused-ring (bicyclic) bond motifs is 1. The van der Waals surface area contributed by atoms with Gasteiger partial charge in [0.2, 0.25) is 5.65 Å². The molecule has 4 heterocycles. The van der Waals surface area contributed by atoms with Gasteiger partial charge in [-0.3, -0.25) is 9.30 Å². The van der Waals surface area contributed by atoms with E-state index in [-0.39, 0.29) is 0 Å². The summed E-state index contributed by atoms with van der Waals surface area (Å²) in [5.74, 6) is 2.72. The number of rotatable bonds is 5. The Bertz CT molecular complexity index is 849. The summed E-state index contributed by atoms with van der Waals surface area (Å²) in [5, 5.41) is 12.6. The van der Waals surface area contributed by atoms with E-state index in [0.717, 1.165) is 54.8 Å². The lowest BCUT2D eigenvalue weighted by atomic mass is 10.1. The van der Waals surface area contributed by atoms with Crippen molar-refractivity contribution in [3.63, 3.8) is 0 Å². The fourth-order valence-electron chi connectivity index (χ4n) is 3.11. The average molecular weight is 327 g/mol. The Labute approximate surface area is 140 Å². The molecule has 0 aromatic carbocycles. The highest BCUT2D eigenvalue weighted by molar-refractivity contribution is 5.65. The zero-order valence-electron chi connectivity index (χ0n) is 14.2. The summed E-state index contributed by atoms with van der Waals surface area (Å²) in [7, 11) is 2.12. The fourth-order valence-corrected chi connectivity index (χ4v) is 3.11. The van der Waals surface area contributed by atoms with Gasteiger partial charge in [0, 0.05) is 50.6 Å². The monoisotopic (exact) mass is 327 g/mol. The lowest BCUT2D eigenvalue weighted by molar-refractivity contribution is 0.192. The normalized spacial score (nSPS) is 15.4. The minimum absolute atomic E-state index is 0.470. The molecule has 0 N–H and O–H groups in total.